The predicted molar refractivity (Wildman–Crippen MR) is 60.1 cm³/mol. The van der Waals surface area contributed by atoms with Gasteiger partial charge in [-0.1, -0.05) is 0 Å². The normalized spacial score (nSPS) is 10.8. The van der Waals surface area contributed by atoms with Gasteiger partial charge in [-0.15, -0.1) is 0 Å². The van der Waals surface area contributed by atoms with E-state index in [1.54, 1.807) is 18.5 Å². The minimum absolute atomic E-state index is 0.292. The average Bonchev–Trinajstić information content (AvgIpc) is 2.55. The van der Waals surface area contributed by atoms with E-state index in [0.717, 1.165) is 4.47 Å². The summed E-state index contributed by atoms with van der Waals surface area (Å²) in [4.78, 5) is 15.2. The van der Waals surface area contributed by atoms with Gasteiger partial charge in [-0.25, -0.2) is 9.78 Å². The maximum absolute atomic E-state index is 11.0. The van der Waals surface area contributed by atoms with Crippen LogP contribution in [-0.4, -0.2) is 20.6 Å². The molecule has 2 aromatic heterocycles. The molecule has 0 saturated carbocycles. The summed E-state index contributed by atoms with van der Waals surface area (Å²) in [5, 5.41) is 9.69. The molecule has 15 heavy (non-hydrogen) atoms. The molecule has 5 heteroatoms. The molecule has 0 atom stereocenters. The van der Waals surface area contributed by atoms with Crippen LogP contribution in [0.4, 0.5) is 0 Å². The average molecular weight is 269 g/mol. The van der Waals surface area contributed by atoms with E-state index in [1.807, 2.05) is 11.5 Å². The highest BCUT2D eigenvalue weighted by Gasteiger charge is 2.14. The number of carbonyl (C=O) groups is 1. The van der Waals surface area contributed by atoms with Crippen LogP contribution in [-0.2, 0) is 6.54 Å². The van der Waals surface area contributed by atoms with E-state index in [9.17, 15) is 4.79 Å². The molecule has 2 heterocycles. The fraction of sp³-hybridized carbons (Fsp3) is 0.200. The van der Waals surface area contributed by atoms with Crippen LogP contribution in [0.3, 0.4) is 0 Å². The van der Waals surface area contributed by atoms with Gasteiger partial charge in [0.25, 0.3) is 0 Å². The Morgan fingerprint density at radius 2 is 2.40 bits per heavy atom. The summed E-state index contributed by atoms with van der Waals surface area (Å²) >= 11 is 3.28. The second-order valence-corrected chi connectivity index (χ2v) is 4.07. The van der Waals surface area contributed by atoms with E-state index in [0.29, 0.717) is 23.1 Å². The molecular formula is C10H9BrN2O2. The van der Waals surface area contributed by atoms with Gasteiger partial charge in [0.1, 0.15) is 5.65 Å². The van der Waals surface area contributed by atoms with Gasteiger partial charge in [-0.2, -0.15) is 0 Å². The Balaban J connectivity index is 2.81. The zero-order valence-electron chi connectivity index (χ0n) is 8.07. The lowest BCUT2D eigenvalue weighted by molar-refractivity contribution is 0.0699. The van der Waals surface area contributed by atoms with E-state index in [-0.39, 0.29) is 0 Å². The van der Waals surface area contributed by atoms with Gasteiger partial charge >= 0.3 is 5.97 Å². The van der Waals surface area contributed by atoms with E-state index in [4.69, 9.17) is 5.11 Å². The summed E-state index contributed by atoms with van der Waals surface area (Å²) in [7, 11) is 0. The molecule has 0 fully saturated rings. The van der Waals surface area contributed by atoms with Gasteiger partial charge in [0.05, 0.1) is 5.56 Å². The molecule has 0 saturated heterocycles. The molecule has 0 amide bonds. The monoisotopic (exact) mass is 268 g/mol. The Hall–Kier alpha value is -1.36. The molecule has 1 N–H and O–H groups in total. The quantitative estimate of drug-likeness (QED) is 0.911. The number of nitrogens with zero attached hydrogens (tertiary/aromatic N) is 2. The minimum atomic E-state index is -0.924. The third-order valence-electron chi connectivity index (χ3n) is 2.25. The molecule has 78 valence electrons. The van der Waals surface area contributed by atoms with E-state index in [1.165, 1.54) is 0 Å². The molecule has 0 aromatic carbocycles. The summed E-state index contributed by atoms with van der Waals surface area (Å²) in [6, 6.07) is 1.78. The van der Waals surface area contributed by atoms with Gasteiger partial charge in [-0.3, -0.25) is 0 Å². The number of rotatable bonds is 2. The maximum Gasteiger partial charge on any atom is 0.337 e. The zero-order valence-corrected chi connectivity index (χ0v) is 9.65. The summed E-state index contributed by atoms with van der Waals surface area (Å²) in [6.45, 7) is 2.66. The molecule has 0 aliphatic carbocycles. The van der Waals surface area contributed by atoms with E-state index < -0.39 is 5.97 Å². The van der Waals surface area contributed by atoms with E-state index >= 15 is 0 Å². The molecule has 2 aromatic rings. The topological polar surface area (TPSA) is 55.1 Å². The molecule has 0 bridgehead atoms. The highest BCUT2D eigenvalue weighted by Crippen LogP contribution is 2.23. The van der Waals surface area contributed by atoms with Gasteiger partial charge in [0.15, 0.2) is 0 Å². The molecule has 0 radical (unpaired) electrons. The second kappa shape index (κ2) is 3.66. The SMILES string of the molecule is CCn1cc(C(=O)O)c2cc(Br)cnc21. The number of aromatic carboxylic acids is 1. The van der Waals surface area contributed by atoms with Crippen molar-refractivity contribution in [1.82, 2.24) is 9.55 Å². The van der Waals surface area contributed by atoms with Crippen LogP contribution < -0.4 is 0 Å². The summed E-state index contributed by atoms with van der Waals surface area (Å²) in [5.74, 6) is -0.924. The fourth-order valence-corrected chi connectivity index (χ4v) is 1.89. The third kappa shape index (κ3) is 1.63. The standard InChI is InChI=1S/C10H9BrN2O2/c1-2-13-5-8(10(14)15)7-3-6(11)4-12-9(7)13/h3-5H,2H2,1H3,(H,14,15). The fourth-order valence-electron chi connectivity index (χ4n) is 1.56. The first-order valence-electron chi connectivity index (χ1n) is 4.51. The van der Waals surface area contributed by atoms with Crippen molar-refractivity contribution < 1.29 is 9.90 Å². The van der Waals surface area contributed by atoms with Gasteiger partial charge in [-0.05, 0) is 28.9 Å². The number of hydrogen-bond donors (Lipinski definition) is 1. The van der Waals surface area contributed by atoms with Gasteiger partial charge < -0.3 is 9.67 Å². The van der Waals surface area contributed by atoms with Crippen LogP contribution in [0.5, 0.6) is 0 Å². The largest absolute Gasteiger partial charge is 0.478 e. The zero-order chi connectivity index (χ0) is 11.0. The Morgan fingerprint density at radius 3 is 3.00 bits per heavy atom. The molecule has 0 spiro atoms. The number of pyridine rings is 1. The summed E-state index contributed by atoms with van der Waals surface area (Å²) in [5.41, 5.74) is 0.999. The first-order chi connectivity index (χ1) is 7.13. The second-order valence-electron chi connectivity index (χ2n) is 3.16. The van der Waals surface area contributed by atoms with Crippen molar-refractivity contribution in [1.29, 1.82) is 0 Å². The Bertz CT molecular complexity index is 533. The molecule has 0 unspecified atom stereocenters. The van der Waals surface area contributed by atoms with Crippen LogP contribution >= 0.6 is 15.9 Å². The lowest BCUT2D eigenvalue weighted by atomic mass is 10.2. The van der Waals surface area contributed by atoms with Crippen molar-refractivity contribution in [2.45, 2.75) is 13.5 Å². The highest BCUT2D eigenvalue weighted by atomic mass is 79.9. The molecule has 0 aliphatic heterocycles. The summed E-state index contributed by atoms with van der Waals surface area (Å²) in [6.07, 6.45) is 3.28. The van der Waals surface area contributed by atoms with Crippen LogP contribution in [0, 0.1) is 0 Å². The number of carboxylic acids is 1. The lowest BCUT2D eigenvalue weighted by Gasteiger charge is -1.98. The highest BCUT2D eigenvalue weighted by molar-refractivity contribution is 9.10. The van der Waals surface area contributed by atoms with Gasteiger partial charge in [0, 0.05) is 28.8 Å². The number of halogens is 1. The van der Waals surface area contributed by atoms with Crippen molar-refractivity contribution in [2.75, 3.05) is 0 Å². The predicted octanol–water partition coefficient (Wildman–Crippen LogP) is 2.52. The van der Waals surface area contributed by atoms with Crippen molar-refractivity contribution >= 4 is 32.9 Å². The van der Waals surface area contributed by atoms with Crippen LogP contribution in [0.1, 0.15) is 17.3 Å². The van der Waals surface area contributed by atoms with Crippen LogP contribution in [0.25, 0.3) is 11.0 Å². The number of aryl methyl sites for hydroxylation is 1. The Labute approximate surface area is 94.7 Å². The summed E-state index contributed by atoms with van der Waals surface area (Å²) < 4.78 is 2.61. The first-order valence-corrected chi connectivity index (χ1v) is 5.30. The van der Waals surface area contributed by atoms with Crippen LogP contribution in [0.2, 0.25) is 0 Å². The number of carboxylic acid groups (broad SMARTS) is 1. The van der Waals surface area contributed by atoms with Crippen molar-refractivity contribution in [3.05, 3.63) is 28.5 Å². The minimum Gasteiger partial charge on any atom is -0.478 e. The van der Waals surface area contributed by atoms with Crippen molar-refractivity contribution in [3.8, 4) is 0 Å². The maximum atomic E-state index is 11.0. The van der Waals surface area contributed by atoms with Crippen LogP contribution in [0.15, 0.2) is 22.9 Å². The lowest BCUT2D eigenvalue weighted by Crippen LogP contribution is -1.94. The van der Waals surface area contributed by atoms with E-state index in [2.05, 4.69) is 20.9 Å². The Morgan fingerprint density at radius 1 is 1.67 bits per heavy atom. The third-order valence-corrected chi connectivity index (χ3v) is 2.69. The first kappa shape index (κ1) is 10.2. The smallest absolute Gasteiger partial charge is 0.337 e. The Kier molecular flexibility index (Phi) is 2.48. The number of aromatic nitrogens is 2. The van der Waals surface area contributed by atoms with Crippen molar-refractivity contribution in [2.24, 2.45) is 0 Å². The number of fused-ring (bicyclic) bond motifs is 1. The van der Waals surface area contributed by atoms with Crippen molar-refractivity contribution in [3.63, 3.8) is 0 Å². The molecule has 2 rings (SSSR count). The number of hydrogen-bond acceptors (Lipinski definition) is 2. The molecule has 4 nitrogen and oxygen atoms in total. The van der Waals surface area contributed by atoms with Gasteiger partial charge in [0.2, 0.25) is 0 Å². The molecule has 0 aliphatic rings. The molecular weight excluding hydrogens is 260 g/mol.